The van der Waals surface area contributed by atoms with E-state index >= 15 is 0 Å². The number of carbonyl (C=O) groups is 1. The molecule has 0 saturated heterocycles. The smallest absolute Gasteiger partial charge is 0.257 e. The van der Waals surface area contributed by atoms with Gasteiger partial charge in [-0.15, -0.1) is 11.3 Å². The highest BCUT2D eigenvalue weighted by Crippen LogP contribution is 2.21. The van der Waals surface area contributed by atoms with Crippen LogP contribution in [0, 0.1) is 19.7 Å². The Morgan fingerprint density at radius 1 is 1.20 bits per heavy atom. The van der Waals surface area contributed by atoms with Crippen molar-refractivity contribution in [2.24, 2.45) is 0 Å². The van der Waals surface area contributed by atoms with Gasteiger partial charge in [0.05, 0.1) is 17.8 Å². The van der Waals surface area contributed by atoms with Gasteiger partial charge in [-0.2, -0.15) is 0 Å². The van der Waals surface area contributed by atoms with Crippen molar-refractivity contribution in [1.82, 2.24) is 9.88 Å². The average Bonchev–Trinajstić information content (AvgIpc) is 3.17. The van der Waals surface area contributed by atoms with Gasteiger partial charge in [0, 0.05) is 11.4 Å². The van der Waals surface area contributed by atoms with Crippen LogP contribution in [0.4, 0.5) is 4.39 Å². The van der Waals surface area contributed by atoms with Gasteiger partial charge in [0.15, 0.2) is 0 Å². The number of aromatic nitrogens is 1. The Kier molecular flexibility index (Phi) is 7.21. The fraction of sp³-hybridized carbons (Fsp3) is 0.333. The molecule has 0 radical (unpaired) electrons. The lowest BCUT2D eigenvalue weighted by Gasteiger charge is -2.28. The van der Waals surface area contributed by atoms with Gasteiger partial charge in [-0.1, -0.05) is 25.1 Å². The van der Waals surface area contributed by atoms with Crippen LogP contribution < -0.4 is 4.74 Å². The SMILES string of the molecule is CC[C@H](C)N(Cc1csc(COc2cc(C)cc(C)c2)n1)C(=O)c1ccccc1F. The molecule has 1 amide bonds. The van der Waals surface area contributed by atoms with Crippen LogP contribution in [-0.2, 0) is 13.2 Å². The third-order valence-corrected chi connectivity index (χ3v) is 5.85. The zero-order valence-electron chi connectivity index (χ0n) is 17.8. The van der Waals surface area contributed by atoms with Crippen molar-refractivity contribution in [3.8, 4) is 5.75 Å². The van der Waals surface area contributed by atoms with Crippen LogP contribution in [0.1, 0.15) is 52.5 Å². The van der Waals surface area contributed by atoms with E-state index in [9.17, 15) is 9.18 Å². The summed E-state index contributed by atoms with van der Waals surface area (Å²) >= 11 is 1.50. The van der Waals surface area contributed by atoms with Crippen molar-refractivity contribution < 1.29 is 13.9 Å². The fourth-order valence-corrected chi connectivity index (χ4v) is 3.96. The van der Waals surface area contributed by atoms with E-state index in [4.69, 9.17) is 4.74 Å². The summed E-state index contributed by atoms with van der Waals surface area (Å²) in [7, 11) is 0. The molecule has 1 heterocycles. The maximum atomic E-state index is 14.2. The van der Waals surface area contributed by atoms with E-state index in [1.807, 2.05) is 45.2 Å². The normalized spacial score (nSPS) is 11.9. The second-order valence-corrected chi connectivity index (χ2v) is 8.46. The summed E-state index contributed by atoms with van der Waals surface area (Å²) in [6.07, 6.45) is 0.771. The Hall–Kier alpha value is -2.73. The first kappa shape index (κ1) is 22.0. The molecule has 30 heavy (non-hydrogen) atoms. The van der Waals surface area contributed by atoms with Crippen LogP contribution >= 0.6 is 11.3 Å². The minimum atomic E-state index is -0.503. The van der Waals surface area contributed by atoms with E-state index in [1.165, 1.54) is 23.5 Å². The first-order valence-corrected chi connectivity index (χ1v) is 10.9. The van der Waals surface area contributed by atoms with Gasteiger partial charge in [0.25, 0.3) is 5.91 Å². The summed E-state index contributed by atoms with van der Waals surface area (Å²) < 4.78 is 20.0. The van der Waals surface area contributed by atoms with Crippen molar-refractivity contribution >= 4 is 17.2 Å². The highest BCUT2D eigenvalue weighted by Gasteiger charge is 2.24. The molecule has 3 aromatic rings. The minimum Gasteiger partial charge on any atom is -0.486 e. The standard InChI is InChI=1S/C24H27FN2O2S/c1-5-18(4)27(24(28)21-8-6-7-9-22(21)25)13-19-15-30-23(26-19)14-29-20-11-16(2)10-17(3)12-20/h6-12,15,18H,5,13-14H2,1-4H3/t18-/m0/s1. The molecule has 0 saturated carbocycles. The number of amides is 1. The number of hydrogen-bond donors (Lipinski definition) is 0. The molecule has 0 aliphatic heterocycles. The molecule has 0 aliphatic carbocycles. The zero-order chi connectivity index (χ0) is 21.7. The third kappa shape index (κ3) is 5.45. The topological polar surface area (TPSA) is 42.4 Å². The average molecular weight is 427 g/mol. The van der Waals surface area contributed by atoms with E-state index in [0.29, 0.717) is 13.2 Å². The Balaban J connectivity index is 1.71. The molecule has 0 bridgehead atoms. The summed E-state index contributed by atoms with van der Waals surface area (Å²) in [5.74, 6) is 0.000293. The van der Waals surface area contributed by atoms with Crippen molar-refractivity contribution in [3.63, 3.8) is 0 Å². The molecule has 2 aromatic carbocycles. The number of thiazole rings is 1. The summed E-state index contributed by atoms with van der Waals surface area (Å²) in [4.78, 5) is 19.3. The van der Waals surface area contributed by atoms with E-state index < -0.39 is 5.82 Å². The second kappa shape index (κ2) is 9.85. The molecule has 0 fully saturated rings. The third-order valence-electron chi connectivity index (χ3n) is 4.98. The van der Waals surface area contributed by atoms with Gasteiger partial charge in [-0.25, -0.2) is 9.37 Å². The summed E-state index contributed by atoms with van der Waals surface area (Å²) in [6.45, 7) is 8.76. The highest BCUT2D eigenvalue weighted by molar-refractivity contribution is 7.09. The number of nitrogens with zero attached hydrogens (tertiary/aromatic N) is 2. The molecule has 158 valence electrons. The Bertz CT molecular complexity index is 998. The molecule has 1 aromatic heterocycles. The van der Waals surface area contributed by atoms with E-state index in [-0.39, 0.29) is 17.5 Å². The number of rotatable bonds is 8. The van der Waals surface area contributed by atoms with Crippen molar-refractivity contribution in [1.29, 1.82) is 0 Å². The van der Waals surface area contributed by atoms with Crippen LogP contribution in [0.5, 0.6) is 5.75 Å². The first-order chi connectivity index (χ1) is 14.4. The zero-order valence-corrected chi connectivity index (χ0v) is 18.6. The molecule has 4 nitrogen and oxygen atoms in total. The van der Waals surface area contributed by atoms with Gasteiger partial charge in [0.1, 0.15) is 23.2 Å². The number of carbonyl (C=O) groups excluding carboxylic acids is 1. The molecule has 6 heteroatoms. The maximum Gasteiger partial charge on any atom is 0.257 e. The monoisotopic (exact) mass is 426 g/mol. The van der Waals surface area contributed by atoms with Crippen LogP contribution in [0.3, 0.4) is 0 Å². The summed E-state index contributed by atoms with van der Waals surface area (Å²) in [6, 6.07) is 12.2. The molecule has 0 unspecified atom stereocenters. The number of hydrogen-bond acceptors (Lipinski definition) is 4. The summed E-state index contributed by atoms with van der Waals surface area (Å²) in [5.41, 5.74) is 3.18. The molecule has 0 spiro atoms. The molecular weight excluding hydrogens is 399 g/mol. The van der Waals surface area contributed by atoms with Crippen LogP contribution in [0.25, 0.3) is 0 Å². The molecule has 1 atom stereocenters. The quantitative estimate of drug-likeness (QED) is 0.449. The predicted octanol–water partition coefficient (Wildman–Crippen LogP) is 5.92. The van der Waals surface area contributed by atoms with Gasteiger partial charge in [-0.3, -0.25) is 4.79 Å². The first-order valence-electron chi connectivity index (χ1n) is 10.1. The van der Waals surface area contributed by atoms with E-state index in [1.54, 1.807) is 17.0 Å². The van der Waals surface area contributed by atoms with Crippen LogP contribution in [0.2, 0.25) is 0 Å². The number of halogens is 1. The van der Waals surface area contributed by atoms with Crippen LogP contribution in [0.15, 0.2) is 47.8 Å². The Morgan fingerprint density at radius 3 is 2.57 bits per heavy atom. The Labute approximate surface area is 181 Å². The van der Waals surface area contributed by atoms with E-state index in [2.05, 4.69) is 11.1 Å². The Morgan fingerprint density at radius 2 is 1.90 bits per heavy atom. The van der Waals surface area contributed by atoms with Gasteiger partial charge in [0.2, 0.25) is 0 Å². The van der Waals surface area contributed by atoms with Gasteiger partial charge >= 0.3 is 0 Å². The highest BCUT2D eigenvalue weighted by atomic mass is 32.1. The minimum absolute atomic E-state index is 0.0335. The predicted molar refractivity (Wildman–Crippen MR) is 118 cm³/mol. The second-order valence-electron chi connectivity index (χ2n) is 7.51. The van der Waals surface area contributed by atoms with Crippen molar-refractivity contribution in [2.45, 2.75) is 53.3 Å². The lowest BCUT2D eigenvalue weighted by atomic mass is 10.1. The van der Waals surface area contributed by atoms with Crippen molar-refractivity contribution in [3.05, 3.63) is 81.1 Å². The molecular formula is C24H27FN2O2S. The number of benzene rings is 2. The lowest BCUT2D eigenvalue weighted by Crippen LogP contribution is -2.38. The maximum absolute atomic E-state index is 14.2. The van der Waals surface area contributed by atoms with Crippen molar-refractivity contribution in [2.75, 3.05) is 0 Å². The van der Waals surface area contributed by atoms with Gasteiger partial charge < -0.3 is 9.64 Å². The number of ether oxygens (including phenoxy) is 1. The largest absolute Gasteiger partial charge is 0.486 e. The van der Waals surface area contributed by atoms with E-state index in [0.717, 1.165) is 34.0 Å². The van der Waals surface area contributed by atoms with Gasteiger partial charge in [-0.05, 0) is 62.6 Å². The lowest BCUT2D eigenvalue weighted by molar-refractivity contribution is 0.0664. The number of aryl methyl sites for hydroxylation is 2. The van der Waals surface area contributed by atoms with Crippen LogP contribution in [-0.4, -0.2) is 21.8 Å². The fourth-order valence-electron chi connectivity index (χ4n) is 3.26. The molecule has 0 aliphatic rings. The molecule has 3 rings (SSSR count). The summed E-state index contributed by atoms with van der Waals surface area (Å²) in [5, 5.41) is 2.77. The molecule has 0 N–H and O–H groups in total.